The zero-order valence-corrected chi connectivity index (χ0v) is 15.6. The summed E-state index contributed by atoms with van der Waals surface area (Å²) in [7, 11) is -3.38. The Labute approximate surface area is 149 Å². The SMILES string of the molecule is CCOC(=O)c1csc(C2CCN(S(=O)(=O)c3cccs3)CC2)n1. The van der Waals surface area contributed by atoms with Crippen LogP contribution < -0.4 is 0 Å². The van der Waals surface area contributed by atoms with Gasteiger partial charge >= 0.3 is 5.97 Å². The summed E-state index contributed by atoms with van der Waals surface area (Å²) in [6, 6.07) is 3.38. The number of rotatable bonds is 5. The van der Waals surface area contributed by atoms with Gasteiger partial charge in [-0.2, -0.15) is 4.31 Å². The Hall–Kier alpha value is -1.29. The Balaban J connectivity index is 1.64. The highest BCUT2D eigenvalue weighted by molar-refractivity contribution is 7.91. The highest BCUT2D eigenvalue weighted by Gasteiger charge is 2.31. The molecule has 130 valence electrons. The first-order valence-electron chi connectivity index (χ1n) is 7.68. The number of aromatic nitrogens is 1. The molecule has 1 fully saturated rings. The van der Waals surface area contributed by atoms with Crippen molar-refractivity contribution in [1.29, 1.82) is 0 Å². The van der Waals surface area contributed by atoms with Crippen molar-refractivity contribution >= 4 is 38.7 Å². The molecular weight excluding hydrogens is 368 g/mol. The molecule has 3 heterocycles. The third-order valence-corrected chi connectivity index (χ3v) is 8.18. The summed E-state index contributed by atoms with van der Waals surface area (Å²) in [5.41, 5.74) is 0.338. The molecule has 0 amide bonds. The summed E-state index contributed by atoms with van der Waals surface area (Å²) >= 11 is 2.68. The van der Waals surface area contributed by atoms with Crippen LogP contribution in [0.5, 0.6) is 0 Å². The highest BCUT2D eigenvalue weighted by atomic mass is 32.2. The van der Waals surface area contributed by atoms with Crippen LogP contribution in [0, 0.1) is 0 Å². The van der Waals surface area contributed by atoms with Crippen LogP contribution in [-0.4, -0.2) is 43.4 Å². The minimum Gasteiger partial charge on any atom is -0.461 e. The number of thiophene rings is 1. The lowest BCUT2D eigenvalue weighted by Gasteiger charge is -2.29. The number of carbonyl (C=O) groups excluding carboxylic acids is 1. The average molecular weight is 387 g/mol. The van der Waals surface area contributed by atoms with Crippen LogP contribution >= 0.6 is 22.7 Å². The molecule has 0 aliphatic carbocycles. The molecule has 24 heavy (non-hydrogen) atoms. The summed E-state index contributed by atoms with van der Waals surface area (Å²) in [5, 5.41) is 4.36. The van der Waals surface area contributed by atoms with Gasteiger partial charge in [0.2, 0.25) is 0 Å². The van der Waals surface area contributed by atoms with E-state index >= 15 is 0 Å². The zero-order valence-electron chi connectivity index (χ0n) is 13.2. The molecule has 0 atom stereocenters. The van der Waals surface area contributed by atoms with E-state index in [-0.39, 0.29) is 5.92 Å². The van der Waals surface area contributed by atoms with Gasteiger partial charge in [0, 0.05) is 24.4 Å². The molecular formula is C15H18N2O4S3. The van der Waals surface area contributed by atoms with E-state index in [1.165, 1.54) is 27.0 Å². The fourth-order valence-corrected chi connectivity index (χ4v) is 6.23. The Morgan fingerprint density at radius 3 is 2.75 bits per heavy atom. The second kappa shape index (κ2) is 7.30. The van der Waals surface area contributed by atoms with Gasteiger partial charge in [0.15, 0.2) is 5.69 Å². The number of nitrogens with zero attached hydrogens (tertiary/aromatic N) is 2. The number of carbonyl (C=O) groups is 1. The first kappa shape index (κ1) is 17.5. The van der Waals surface area contributed by atoms with Crippen LogP contribution in [0.15, 0.2) is 27.1 Å². The third kappa shape index (κ3) is 3.53. The maximum absolute atomic E-state index is 12.5. The lowest BCUT2D eigenvalue weighted by atomic mass is 9.99. The van der Waals surface area contributed by atoms with Crippen LogP contribution in [0.1, 0.15) is 41.2 Å². The van der Waals surface area contributed by atoms with Gasteiger partial charge in [-0.3, -0.25) is 0 Å². The largest absolute Gasteiger partial charge is 0.461 e. The van der Waals surface area contributed by atoms with Gasteiger partial charge in [0.05, 0.1) is 11.6 Å². The summed E-state index contributed by atoms with van der Waals surface area (Å²) in [5.74, 6) is -0.217. The van der Waals surface area contributed by atoms with Crippen molar-refractivity contribution < 1.29 is 17.9 Å². The van der Waals surface area contributed by atoms with E-state index in [1.54, 1.807) is 29.8 Å². The first-order chi connectivity index (χ1) is 11.5. The third-order valence-electron chi connectivity index (χ3n) is 3.90. The molecule has 0 N–H and O–H groups in total. The Kier molecular flexibility index (Phi) is 5.33. The number of thiazole rings is 1. The number of hydrogen-bond donors (Lipinski definition) is 0. The Morgan fingerprint density at radius 1 is 1.38 bits per heavy atom. The minimum absolute atomic E-state index is 0.188. The standard InChI is InChI=1S/C15H18N2O4S3/c1-2-21-15(18)12-10-23-14(16-12)11-5-7-17(8-6-11)24(19,20)13-4-3-9-22-13/h3-4,9-11H,2,5-8H2,1H3. The van der Waals surface area contributed by atoms with E-state index in [1.807, 2.05) is 0 Å². The van der Waals surface area contributed by atoms with Crippen LogP contribution in [0.4, 0.5) is 0 Å². The first-order valence-corrected chi connectivity index (χ1v) is 10.9. The normalized spacial score (nSPS) is 17.0. The van der Waals surface area contributed by atoms with Gasteiger partial charge in [-0.25, -0.2) is 18.2 Å². The number of ether oxygens (including phenoxy) is 1. The number of hydrogen-bond acceptors (Lipinski definition) is 7. The van der Waals surface area contributed by atoms with E-state index < -0.39 is 16.0 Å². The fraction of sp³-hybridized carbons (Fsp3) is 0.467. The monoisotopic (exact) mass is 386 g/mol. The quantitative estimate of drug-likeness (QED) is 0.739. The number of sulfonamides is 1. The molecule has 2 aromatic rings. The molecule has 0 bridgehead atoms. The van der Waals surface area contributed by atoms with Gasteiger partial charge in [-0.05, 0) is 31.2 Å². The van der Waals surface area contributed by atoms with Crippen LogP contribution in [-0.2, 0) is 14.8 Å². The summed E-state index contributed by atoms with van der Waals surface area (Å²) in [4.78, 5) is 16.1. The predicted octanol–water partition coefficient (Wildman–Crippen LogP) is 2.95. The second-order valence-electron chi connectivity index (χ2n) is 5.40. The van der Waals surface area contributed by atoms with Crippen LogP contribution in [0.3, 0.4) is 0 Å². The van der Waals surface area contributed by atoms with Crippen molar-refractivity contribution in [2.75, 3.05) is 19.7 Å². The molecule has 2 aromatic heterocycles. The maximum Gasteiger partial charge on any atom is 0.357 e. The van der Waals surface area contributed by atoms with Gasteiger partial charge < -0.3 is 4.74 Å². The lowest BCUT2D eigenvalue weighted by Crippen LogP contribution is -2.37. The van der Waals surface area contributed by atoms with Crippen molar-refractivity contribution in [3.05, 3.63) is 33.6 Å². The fourth-order valence-electron chi connectivity index (χ4n) is 2.65. The lowest BCUT2D eigenvalue weighted by molar-refractivity contribution is 0.0520. The van der Waals surface area contributed by atoms with E-state index in [2.05, 4.69) is 4.98 Å². The molecule has 0 radical (unpaired) electrons. The Bertz CT molecular complexity index is 791. The molecule has 0 aromatic carbocycles. The van der Waals surface area contributed by atoms with E-state index in [0.717, 1.165) is 5.01 Å². The van der Waals surface area contributed by atoms with Crippen molar-refractivity contribution in [1.82, 2.24) is 9.29 Å². The molecule has 1 aliphatic rings. The predicted molar refractivity (Wildman–Crippen MR) is 93.1 cm³/mol. The van der Waals surface area contributed by atoms with E-state index in [9.17, 15) is 13.2 Å². The van der Waals surface area contributed by atoms with Gasteiger partial charge in [0.1, 0.15) is 4.21 Å². The number of piperidine rings is 1. The molecule has 0 saturated carbocycles. The van der Waals surface area contributed by atoms with Crippen molar-refractivity contribution in [2.24, 2.45) is 0 Å². The van der Waals surface area contributed by atoms with E-state index in [0.29, 0.717) is 42.4 Å². The summed E-state index contributed by atoms with van der Waals surface area (Å²) in [6.07, 6.45) is 1.42. The van der Waals surface area contributed by atoms with Crippen molar-refractivity contribution in [2.45, 2.75) is 29.9 Å². The van der Waals surface area contributed by atoms with Gasteiger partial charge in [-0.1, -0.05) is 6.07 Å². The van der Waals surface area contributed by atoms with Crippen LogP contribution in [0.2, 0.25) is 0 Å². The molecule has 0 unspecified atom stereocenters. The molecule has 1 saturated heterocycles. The summed E-state index contributed by atoms with van der Waals surface area (Å²) in [6.45, 7) is 3.03. The topological polar surface area (TPSA) is 76.6 Å². The molecule has 0 spiro atoms. The second-order valence-corrected chi connectivity index (χ2v) is 9.40. The zero-order chi connectivity index (χ0) is 17.2. The molecule has 1 aliphatic heterocycles. The van der Waals surface area contributed by atoms with Gasteiger partial charge in [0.25, 0.3) is 10.0 Å². The Morgan fingerprint density at radius 2 is 2.12 bits per heavy atom. The summed E-state index contributed by atoms with van der Waals surface area (Å²) < 4.78 is 31.9. The highest BCUT2D eigenvalue weighted by Crippen LogP contribution is 2.33. The van der Waals surface area contributed by atoms with Crippen LogP contribution in [0.25, 0.3) is 0 Å². The van der Waals surface area contributed by atoms with Crippen molar-refractivity contribution in [3.8, 4) is 0 Å². The smallest absolute Gasteiger partial charge is 0.357 e. The van der Waals surface area contributed by atoms with E-state index in [4.69, 9.17) is 4.74 Å². The maximum atomic E-state index is 12.5. The molecule has 3 rings (SSSR count). The van der Waals surface area contributed by atoms with Gasteiger partial charge in [-0.15, -0.1) is 22.7 Å². The minimum atomic E-state index is -3.38. The van der Waals surface area contributed by atoms with Crippen molar-refractivity contribution in [3.63, 3.8) is 0 Å². The molecule has 6 nitrogen and oxygen atoms in total. The molecule has 9 heteroatoms. The number of esters is 1. The average Bonchev–Trinajstić information content (AvgIpc) is 3.27.